The number of carbonyl (C=O) groups is 2. The van der Waals surface area contributed by atoms with E-state index in [0.717, 1.165) is 11.8 Å². The Labute approximate surface area is 163 Å². The van der Waals surface area contributed by atoms with Crippen molar-refractivity contribution in [1.82, 2.24) is 4.57 Å². The van der Waals surface area contributed by atoms with Gasteiger partial charge in [0.05, 0.1) is 17.1 Å². The van der Waals surface area contributed by atoms with E-state index in [9.17, 15) is 22.4 Å². The Morgan fingerprint density at radius 1 is 1.21 bits per heavy atom. The van der Waals surface area contributed by atoms with Crippen molar-refractivity contribution in [2.45, 2.75) is 33.2 Å². The van der Waals surface area contributed by atoms with Crippen LogP contribution in [0.25, 0.3) is 0 Å². The summed E-state index contributed by atoms with van der Waals surface area (Å²) in [5, 5.41) is 0. The third-order valence-electron chi connectivity index (χ3n) is 5.10. The van der Waals surface area contributed by atoms with Gasteiger partial charge in [-0.25, -0.2) is 17.6 Å². The number of ether oxygens (including phenoxy) is 1. The summed E-state index contributed by atoms with van der Waals surface area (Å²) in [5.74, 6) is -1.48. The van der Waals surface area contributed by atoms with Gasteiger partial charge in [0.2, 0.25) is 5.78 Å². The molecule has 0 N–H and O–H groups in total. The molecule has 150 valence electrons. The zero-order valence-corrected chi connectivity index (χ0v) is 16.8. The highest BCUT2D eigenvalue weighted by atomic mass is 32.2. The summed E-state index contributed by atoms with van der Waals surface area (Å²) in [6.45, 7) is 4.68. The van der Waals surface area contributed by atoms with Crippen LogP contribution in [0.4, 0.5) is 4.39 Å². The highest BCUT2D eigenvalue weighted by Gasteiger charge is 2.31. The van der Waals surface area contributed by atoms with Crippen LogP contribution in [0.1, 0.15) is 50.1 Å². The van der Waals surface area contributed by atoms with E-state index >= 15 is 0 Å². The van der Waals surface area contributed by atoms with Gasteiger partial charge in [-0.15, -0.1) is 0 Å². The third-order valence-corrected chi connectivity index (χ3v) is 6.85. The van der Waals surface area contributed by atoms with E-state index in [2.05, 4.69) is 0 Å². The van der Waals surface area contributed by atoms with E-state index in [1.54, 1.807) is 19.9 Å². The van der Waals surface area contributed by atoms with Crippen molar-refractivity contribution in [2.75, 3.05) is 18.1 Å². The SMILES string of the molecule is Cc1ccc(C(=O)OCC(=O)c2cc(C)n(C3CCS(=O)(=O)C3)c2C)cc1F. The first-order valence-electron chi connectivity index (χ1n) is 8.94. The number of halogens is 1. The van der Waals surface area contributed by atoms with E-state index in [0.29, 0.717) is 23.2 Å². The molecule has 0 radical (unpaired) electrons. The maximum Gasteiger partial charge on any atom is 0.338 e. The number of nitrogens with zero attached hydrogens (tertiary/aromatic N) is 1. The van der Waals surface area contributed by atoms with E-state index in [1.807, 2.05) is 11.5 Å². The smallest absolute Gasteiger partial charge is 0.338 e. The molecule has 1 aliphatic heterocycles. The standard InChI is InChI=1S/C20H22FNO5S/c1-12-4-5-15(9-18(12)21)20(24)27-10-19(23)17-8-13(2)22(14(17)3)16-6-7-28(25,26)11-16/h4-5,8-9,16H,6-7,10-11H2,1-3H3. The predicted octanol–water partition coefficient (Wildman–Crippen LogP) is 2.95. The molecule has 6 nitrogen and oxygen atoms in total. The lowest BCUT2D eigenvalue weighted by atomic mass is 10.1. The number of carbonyl (C=O) groups excluding carboxylic acids is 2. The van der Waals surface area contributed by atoms with Crippen LogP contribution in [-0.2, 0) is 14.6 Å². The molecule has 1 aromatic carbocycles. The highest BCUT2D eigenvalue weighted by Crippen LogP contribution is 2.29. The molecule has 0 bridgehead atoms. The van der Waals surface area contributed by atoms with Crippen LogP contribution in [0.3, 0.4) is 0 Å². The third kappa shape index (κ3) is 4.01. The van der Waals surface area contributed by atoms with Crippen molar-refractivity contribution < 1.29 is 27.1 Å². The highest BCUT2D eigenvalue weighted by molar-refractivity contribution is 7.91. The van der Waals surface area contributed by atoms with Gasteiger partial charge in [0.25, 0.3) is 0 Å². The molecule has 3 rings (SSSR count). The second-order valence-corrected chi connectivity index (χ2v) is 9.40. The quantitative estimate of drug-likeness (QED) is 0.562. The molecular formula is C20H22FNO5S. The average Bonchev–Trinajstić information content (AvgIpc) is 3.13. The van der Waals surface area contributed by atoms with Crippen molar-refractivity contribution in [2.24, 2.45) is 0 Å². The Morgan fingerprint density at radius 3 is 2.54 bits per heavy atom. The van der Waals surface area contributed by atoms with E-state index in [4.69, 9.17) is 4.74 Å². The maximum atomic E-state index is 13.6. The first-order valence-corrected chi connectivity index (χ1v) is 10.8. The van der Waals surface area contributed by atoms with Crippen LogP contribution in [0.2, 0.25) is 0 Å². The molecule has 1 atom stereocenters. The lowest BCUT2D eigenvalue weighted by Crippen LogP contribution is -2.17. The van der Waals surface area contributed by atoms with Gasteiger partial charge in [-0.3, -0.25) is 4.79 Å². The number of hydrogen-bond donors (Lipinski definition) is 0. The number of ketones is 1. The fourth-order valence-electron chi connectivity index (χ4n) is 3.61. The Hall–Kier alpha value is -2.48. The first kappa shape index (κ1) is 20.3. The van der Waals surface area contributed by atoms with Crippen molar-refractivity contribution >= 4 is 21.6 Å². The molecule has 1 unspecified atom stereocenters. The van der Waals surface area contributed by atoms with Crippen molar-refractivity contribution in [3.05, 3.63) is 58.2 Å². The molecule has 0 aliphatic carbocycles. The number of hydrogen-bond acceptors (Lipinski definition) is 5. The van der Waals surface area contributed by atoms with E-state index < -0.39 is 28.2 Å². The molecule has 0 spiro atoms. The number of Topliss-reactive ketones (excluding diaryl/α,β-unsaturated/α-hetero) is 1. The fourth-order valence-corrected chi connectivity index (χ4v) is 5.31. The van der Waals surface area contributed by atoms with Gasteiger partial charge in [-0.1, -0.05) is 6.07 Å². The zero-order chi connectivity index (χ0) is 20.6. The van der Waals surface area contributed by atoms with Crippen molar-refractivity contribution in [1.29, 1.82) is 0 Å². The largest absolute Gasteiger partial charge is 0.454 e. The second-order valence-electron chi connectivity index (χ2n) is 7.17. The molecule has 8 heteroatoms. The number of rotatable bonds is 5. The lowest BCUT2D eigenvalue weighted by Gasteiger charge is -2.16. The van der Waals surface area contributed by atoms with Gasteiger partial charge in [0.15, 0.2) is 16.4 Å². The summed E-state index contributed by atoms with van der Waals surface area (Å²) in [6, 6.07) is 5.48. The number of benzene rings is 1. The average molecular weight is 407 g/mol. The van der Waals surface area contributed by atoms with Crippen molar-refractivity contribution in [3.63, 3.8) is 0 Å². The molecule has 0 amide bonds. The minimum Gasteiger partial charge on any atom is -0.454 e. The minimum absolute atomic E-state index is 0.0394. The molecular weight excluding hydrogens is 385 g/mol. The molecule has 28 heavy (non-hydrogen) atoms. The Morgan fingerprint density at radius 2 is 1.93 bits per heavy atom. The monoisotopic (exact) mass is 407 g/mol. The van der Waals surface area contributed by atoms with Gasteiger partial charge < -0.3 is 9.30 Å². The van der Waals surface area contributed by atoms with Gasteiger partial charge in [0.1, 0.15) is 5.82 Å². The van der Waals surface area contributed by atoms with Gasteiger partial charge >= 0.3 is 5.97 Å². The van der Waals surface area contributed by atoms with E-state index in [-0.39, 0.29) is 28.9 Å². The van der Waals surface area contributed by atoms with Crippen LogP contribution in [0, 0.1) is 26.6 Å². The summed E-state index contributed by atoms with van der Waals surface area (Å²) >= 11 is 0. The summed E-state index contributed by atoms with van der Waals surface area (Å²) in [5.41, 5.74) is 2.29. The number of aromatic nitrogens is 1. The summed E-state index contributed by atoms with van der Waals surface area (Å²) in [4.78, 5) is 24.6. The summed E-state index contributed by atoms with van der Waals surface area (Å²) < 4.78 is 44.0. The molecule has 2 aromatic rings. The van der Waals surface area contributed by atoms with Gasteiger partial charge in [0, 0.05) is 23.0 Å². The van der Waals surface area contributed by atoms with Crippen LogP contribution >= 0.6 is 0 Å². The second kappa shape index (κ2) is 7.50. The topological polar surface area (TPSA) is 82.4 Å². The maximum absolute atomic E-state index is 13.6. The molecule has 0 saturated carbocycles. The van der Waals surface area contributed by atoms with Crippen LogP contribution < -0.4 is 0 Å². The fraction of sp³-hybridized carbons (Fsp3) is 0.400. The number of sulfone groups is 1. The molecule has 1 saturated heterocycles. The molecule has 1 aliphatic rings. The van der Waals surface area contributed by atoms with Gasteiger partial charge in [-0.2, -0.15) is 0 Å². The van der Waals surface area contributed by atoms with Gasteiger partial charge in [-0.05, 0) is 51.0 Å². The van der Waals surface area contributed by atoms with Crippen LogP contribution in [0.5, 0.6) is 0 Å². The number of aryl methyl sites for hydroxylation is 2. The lowest BCUT2D eigenvalue weighted by molar-refractivity contribution is 0.0474. The zero-order valence-electron chi connectivity index (χ0n) is 16.0. The van der Waals surface area contributed by atoms with Crippen LogP contribution in [0.15, 0.2) is 24.3 Å². The molecule has 1 fully saturated rings. The Balaban J connectivity index is 1.72. The molecule has 1 aromatic heterocycles. The van der Waals surface area contributed by atoms with E-state index in [1.165, 1.54) is 12.1 Å². The number of esters is 1. The summed E-state index contributed by atoms with van der Waals surface area (Å²) in [7, 11) is -3.05. The summed E-state index contributed by atoms with van der Waals surface area (Å²) in [6.07, 6.45) is 0.514. The normalized spacial score (nSPS) is 18.2. The predicted molar refractivity (Wildman–Crippen MR) is 102 cm³/mol. The first-order chi connectivity index (χ1) is 13.1. The van der Waals surface area contributed by atoms with Crippen LogP contribution in [-0.4, -0.2) is 42.9 Å². The molecule has 2 heterocycles. The Bertz CT molecular complexity index is 1050. The van der Waals surface area contributed by atoms with Crippen molar-refractivity contribution in [3.8, 4) is 0 Å². The Kier molecular flexibility index (Phi) is 5.43. The minimum atomic E-state index is -3.05.